The Bertz CT molecular complexity index is 1530. The molecule has 0 bridgehead atoms. The number of benzene rings is 2. The summed E-state index contributed by atoms with van der Waals surface area (Å²) in [5, 5.41) is 12.9. The smallest absolute Gasteiger partial charge is 0.283 e. The van der Waals surface area contributed by atoms with Gasteiger partial charge in [-0.3, -0.25) is 4.90 Å². The van der Waals surface area contributed by atoms with Crippen LogP contribution in [0.3, 0.4) is 0 Å². The molecular formula is C20H18BrN5O5S2. The van der Waals surface area contributed by atoms with E-state index < -0.39 is 19.9 Å². The van der Waals surface area contributed by atoms with Gasteiger partial charge in [0.25, 0.3) is 10.0 Å². The zero-order chi connectivity index (χ0) is 23.2. The van der Waals surface area contributed by atoms with E-state index >= 15 is 0 Å². The van der Waals surface area contributed by atoms with Gasteiger partial charge in [0, 0.05) is 22.9 Å². The highest BCUT2D eigenvalue weighted by Gasteiger charge is 2.25. The Labute approximate surface area is 198 Å². The van der Waals surface area contributed by atoms with Crippen LogP contribution < -0.4 is 0 Å². The molecule has 10 nitrogen and oxygen atoms in total. The van der Waals surface area contributed by atoms with Crippen LogP contribution in [0.25, 0.3) is 22.4 Å². The quantitative estimate of drug-likeness (QED) is 0.366. The van der Waals surface area contributed by atoms with Crippen LogP contribution in [0.2, 0.25) is 0 Å². The first-order valence-corrected chi connectivity index (χ1v) is 14.0. The van der Waals surface area contributed by atoms with Crippen molar-refractivity contribution in [2.45, 2.75) is 11.4 Å². The van der Waals surface area contributed by atoms with Crippen LogP contribution in [-0.2, 0) is 26.4 Å². The van der Waals surface area contributed by atoms with Crippen molar-refractivity contribution in [3.05, 3.63) is 59.0 Å². The average molecular weight is 552 g/mol. The van der Waals surface area contributed by atoms with E-state index in [1.807, 2.05) is 4.90 Å². The van der Waals surface area contributed by atoms with Crippen LogP contribution in [0, 0.1) is 0 Å². The fourth-order valence-electron chi connectivity index (χ4n) is 3.66. The molecule has 13 heteroatoms. The highest BCUT2D eigenvalue weighted by Crippen LogP contribution is 2.33. The normalized spacial score (nSPS) is 16.9. The lowest BCUT2D eigenvalue weighted by atomic mass is 10.1. The topological polar surface area (TPSA) is 128 Å². The Kier molecular flexibility index (Phi) is 5.59. The molecule has 1 saturated heterocycles. The molecule has 2 aromatic heterocycles. The SMILES string of the molecule is O=S1(=O)CCN(Cc2nnc(-c3cc(Br)cc4c3cnn4S(=O)(=O)c3ccccc3)o2)CC1. The Morgan fingerprint density at radius 1 is 1.06 bits per heavy atom. The third-order valence-electron chi connectivity index (χ3n) is 5.38. The molecule has 0 atom stereocenters. The molecule has 4 aromatic rings. The molecule has 1 aliphatic rings. The van der Waals surface area contributed by atoms with Crippen molar-refractivity contribution in [3.63, 3.8) is 0 Å². The van der Waals surface area contributed by atoms with E-state index in [0.717, 1.165) is 4.09 Å². The van der Waals surface area contributed by atoms with Gasteiger partial charge >= 0.3 is 0 Å². The van der Waals surface area contributed by atoms with Crippen molar-refractivity contribution < 1.29 is 21.3 Å². The Balaban J connectivity index is 1.49. The Morgan fingerprint density at radius 3 is 2.52 bits per heavy atom. The Hall–Kier alpha value is -2.61. The highest BCUT2D eigenvalue weighted by molar-refractivity contribution is 9.10. The number of nitrogens with zero attached hydrogens (tertiary/aromatic N) is 5. The van der Waals surface area contributed by atoms with Gasteiger partial charge in [0.1, 0.15) is 0 Å². The lowest BCUT2D eigenvalue weighted by Gasteiger charge is -2.24. The summed E-state index contributed by atoms with van der Waals surface area (Å²) in [6.07, 6.45) is 1.46. The van der Waals surface area contributed by atoms with Crippen molar-refractivity contribution >= 4 is 46.7 Å². The second-order valence-electron chi connectivity index (χ2n) is 7.62. The minimum Gasteiger partial charge on any atom is -0.419 e. The minimum absolute atomic E-state index is 0.106. The summed E-state index contributed by atoms with van der Waals surface area (Å²) in [5.74, 6) is 0.782. The Morgan fingerprint density at radius 2 is 1.79 bits per heavy atom. The highest BCUT2D eigenvalue weighted by atomic mass is 79.9. The van der Waals surface area contributed by atoms with Crippen molar-refractivity contribution in [2.75, 3.05) is 24.6 Å². The van der Waals surface area contributed by atoms with Crippen LogP contribution in [0.15, 0.2) is 62.4 Å². The number of aromatic nitrogens is 4. The maximum atomic E-state index is 13.1. The number of halogens is 1. The minimum atomic E-state index is -3.90. The molecule has 0 radical (unpaired) electrons. The lowest BCUT2D eigenvalue weighted by molar-refractivity contribution is 0.258. The molecule has 33 heavy (non-hydrogen) atoms. The van der Waals surface area contributed by atoms with Gasteiger partial charge in [-0.05, 0) is 24.3 Å². The van der Waals surface area contributed by atoms with Crippen molar-refractivity contribution in [2.24, 2.45) is 0 Å². The largest absolute Gasteiger partial charge is 0.419 e. The zero-order valence-corrected chi connectivity index (χ0v) is 20.3. The first kappa shape index (κ1) is 22.2. The van der Waals surface area contributed by atoms with Crippen LogP contribution >= 0.6 is 15.9 Å². The van der Waals surface area contributed by atoms with Gasteiger partial charge in [-0.25, -0.2) is 8.42 Å². The molecular weight excluding hydrogens is 534 g/mol. The van der Waals surface area contributed by atoms with Gasteiger partial charge in [-0.1, -0.05) is 34.1 Å². The van der Waals surface area contributed by atoms with Crippen molar-refractivity contribution in [1.29, 1.82) is 0 Å². The summed E-state index contributed by atoms with van der Waals surface area (Å²) in [4.78, 5) is 2.07. The second-order valence-corrected chi connectivity index (χ2v) is 12.6. The molecule has 0 spiro atoms. The van der Waals surface area contributed by atoms with E-state index in [9.17, 15) is 16.8 Å². The van der Waals surface area contributed by atoms with E-state index in [-0.39, 0.29) is 22.3 Å². The van der Waals surface area contributed by atoms with E-state index in [1.54, 1.807) is 30.3 Å². The molecule has 0 unspecified atom stereocenters. The summed E-state index contributed by atoms with van der Waals surface area (Å²) in [7, 11) is -6.88. The molecule has 5 rings (SSSR count). The number of fused-ring (bicyclic) bond motifs is 1. The predicted octanol–water partition coefficient (Wildman–Crippen LogP) is 2.32. The predicted molar refractivity (Wildman–Crippen MR) is 124 cm³/mol. The number of hydrogen-bond acceptors (Lipinski definition) is 9. The standard InChI is InChI=1S/C20H18BrN5O5S2/c21-14-10-16(20-24-23-19(31-20)13-25-6-8-32(27,28)9-7-25)17-12-22-26(18(17)11-14)33(29,30)15-4-2-1-3-5-15/h1-5,10-12H,6-9,13H2. The summed E-state index contributed by atoms with van der Waals surface area (Å²) < 4.78 is 56.9. The molecule has 3 heterocycles. The van der Waals surface area contributed by atoms with E-state index in [4.69, 9.17) is 4.42 Å². The monoisotopic (exact) mass is 551 g/mol. The third kappa shape index (κ3) is 4.33. The second kappa shape index (κ2) is 8.31. The van der Waals surface area contributed by atoms with E-state index in [1.165, 1.54) is 18.3 Å². The first-order chi connectivity index (χ1) is 15.7. The summed E-state index contributed by atoms with van der Waals surface area (Å²) in [6, 6.07) is 11.5. The fraction of sp³-hybridized carbons (Fsp3) is 0.250. The molecule has 0 amide bonds. The van der Waals surface area contributed by atoms with Crippen LogP contribution in [0.4, 0.5) is 0 Å². The molecule has 0 aliphatic carbocycles. The maximum absolute atomic E-state index is 13.1. The lowest BCUT2D eigenvalue weighted by Crippen LogP contribution is -2.39. The van der Waals surface area contributed by atoms with Crippen LogP contribution in [0.5, 0.6) is 0 Å². The molecule has 172 valence electrons. The molecule has 0 saturated carbocycles. The van der Waals surface area contributed by atoms with Crippen LogP contribution in [0.1, 0.15) is 5.89 Å². The van der Waals surface area contributed by atoms with Crippen LogP contribution in [-0.4, -0.2) is 65.7 Å². The number of hydrogen-bond donors (Lipinski definition) is 0. The van der Waals surface area contributed by atoms with E-state index in [2.05, 4.69) is 31.2 Å². The first-order valence-electron chi connectivity index (χ1n) is 9.96. The zero-order valence-electron chi connectivity index (χ0n) is 17.1. The van der Waals surface area contributed by atoms with Gasteiger partial charge in [0.2, 0.25) is 11.8 Å². The summed E-state index contributed by atoms with van der Waals surface area (Å²) in [5.41, 5.74) is 0.901. The summed E-state index contributed by atoms with van der Waals surface area (Å²) in [6.45, 7) is 1.15. The van der Waals surface area contributed by atoms with E-state index in [0.29, 0.717) is 46.5 Å². The third-order valence-corrected chi connectivity index (χ3v) is 9.06. The van der Waals surface area contributed by atoms with Gasteiger partial charge < -0.3 is 4.42 Å². The van der Waals surface area contributed by atoms with Gasteiger partial charge in [0.15, 0.2) is 9.84 Å². The average Bonchev–Trinajstić information content (AvgIpc) is 3.43. The van der Waals surface area contributed by atoms with Gasteiger partial charge in [-0.15, -0.1) is 10.2 Å². The van der Waals surface area contributed by atoms with Gasteiger partial charge in [0.05, 0.1) is 40.2 Å². The molecule has 1 fully saturated rings. The number of sulfone groups is 1. The summed E-state index contributed by atoms with van der Waals surface area (Å²) >= 11 is 3.43. The fourth-order valence-corrected chi connectivity index (χ4v) is 6.66. The molecule has 1 aliphatic heterocycles. The van der Waals surface area contributed by atoms with Crippen molar-refractivity contribution in [1.82, 2.24) is 24.3 Å². The molecule has 0 N–H and O–H groups in total. The number of rotatable bonds is 5. The molecule has 2 aromatic carbocycles. The van der Waals surface area contributed by atoms with Crippen molar-refractivity contribution in [3.8, 4) is 11.5 Å². The maximum Gasteiger partial charge on any atom is 0.283 e. The van der Waals surface area contributed by atoms with Gasteiger partial charge in [-0.2, -0.15) is 17.6 Å².